The summed E-state index contributed by atoms with van der Waals surface area (Å²) in [7, 11) is 0. The molecule has 1 heterocycles. The zero-order valence-electron chi connectivity index (χ0n) is 10.5. The van der Waals surface area contributed by atoms with Crippen LogP contribution < -0.4 is 0 Å². The lowest BCUT2D eigenvalue weighted by Crippen LogP contribution is -2.25. The molecular weight excluding hydrogens is 216 g/mol. The maximum atomic E-state index is 5.40. The van der Waals surface area contributed by atoms with Gasteiger partial charge in [0.1, 0.15) is 0 Å². The van der Waals surface area contributed by atoms with Crippen molar-refractivity contribution in [1.82, 2.24) is 9.55 Å². The van der Waals surface area contributed by atoms with Crippen molar-refractivity contribution < 1.29 is 0 Å². The third-order valence-corrected chi connectivity index (χ3v) is 4.11. The molecule has 90 valence electrons. The molecule has 1 fully saturated rings. The van der Waals surface area contributed by atoms with Crippen LogP contribution >= 0.6 is 12.2 Å². The van der Waals surface area contributed by atoms with Crippen molar-refractivity contribution in [2.75, 3.05) is 0 Å². The van der Waals surface area contributed by atoms with Gasteiger partial charge >= 0.3 is 0 Å². The van der Waals surface area contributed by atoms with Crippen LogP contribution in [0.2, 0.25) is 0 Å². The van der Waals surface area contributed by atoms with Crippen LogP contribution in [-0.4, -0.2) is 9.55 Å². The van der Waals surface area contributed by atoms with Crippen molar-refractivity contribution in [3.05, 3.63) is 16.7 Å². The van der Waals surface area contributed by atoms with Gasteiger partial charge in [0, 0.05) is 17.9 Å². The van der Waals surface area contributed by atoms with E-state index in [1.807, 2.05) is 0 Å². The van der Waals surface area contributed by atoms with E-state index in [9.17, 15) is 0 Å². The minimum atomic E-state index is 0.472. The molecule has 2 nitrogen and oxygen atoms in total. The second-order valence-electron chi connectivity index (χ2n) is 5.72. The van der Waals surface area contributed by atoms with Gasteiger partial charge < -0.3 is 9.55 Å². The maximum absolute atomic E-state index is 5.40. The summed E-state index contributed by atoms with van der Waals surface area (Å²) in [5, 5.41) is 0. The van der Waals surface area contributed by atoms with E-state index < -0.39 is 0 Å². The molecule has 0 radical (unpaired) electrons. The molecule has 0 bridgehead atoms. The fraction of sp³-hybridized carbons (Fsp3) is 0.769. The van der Waals surface area contributed by atoms with E-state index in [4.69, 9.17) is 12.2 Å². The Morgan fingerprint density at radius 1 is 1.56 bits per heavy atom. The van der Waals surface area contributed by atoms with Crippen LogP contribution in [0.4, 0.5) is 0 Å². The van der Waals surface area contributed by atoms with Gasteiger partial charge in [-0.15, -0.1) is 0 Å². The highest BCUT2D eigenvalue weighted by Gasteiger charge is 2.29. The van der Waals surface area contributed by atoms with Gasteiger partial charge in [0.05, 0.1) is 0 Å². The summed E-state index contributed by atoms with van der Waals surface area (Å²) in [4.78, 5) is 3.19. The van der Waals surface area contributed by atoms with Gasteiger partial charge in [0.15, 0.2) is 4.77 Å². The summed E-state index contributed by atoms with van der Waals surface area (Å²) in [5.41, 5.74) is 1.83. The summed E-state index contributed by atoms with van der Waals surface area (Å²) in [5.74, 6) is 0. The first-order valence-corrected chi connectivity index (χ1v) is 6.73. The minimum Gasteiger partial charge on any atom is -0.337 e. The van der Waals surface area contributed by atoms with E-state index >= 15 is 0 Å². The quantitative estimate of drug-likeness (QED) is 0.764. The lowest BCUT2D eigenvalue weighted by atomic mass is 9.75. The summed E-state index contributed by atoms with van der Waals surface area (Å²) in [6.07, 6.45) is 8.35. The van der Waals surface area contributed by atoms with E-state index in [-0.39, 0.29) is 0 Å². The summed E-state index contributed by atoms with van der Waals surface area (Å²) in [6.45, 7) is 6.95. The molecule has 1 aromatic rings. The van der Waals surface area contributed by atoms with E-state index in [1.165, 1.54) is 31.4 Å². The van der Waals surface area contributed by atoms with Gasteiger partial charge in [-0.1, -0.05) is 27.2 Å². The Labute approximate surface area is 103 Å². The molecule has 2 rings (SSSR count). The van der Waals surface area contributed by atoms with E-state index in [2.05, 4.69) is 36.5 Å². The summed E-state index contributed by atoms with van der Waals surface area (Å²) >= 11 is 5.40. The monoisotopic (exact) mass is 238 g/mol. The number of aromatic nitrogens is 2. The number of nitrogens with zero attached hydrogens (tertiary/aromatic N) is 1. The lowest BCUT2D eigenvalue weighted by Gasteiger charge is -2.36. The maximum Gasteiger partial charge on any atom is 0.177 e. The minimum absolute atomic E-state index is 0.472. The van der Waals surface area contributed by atoms with Crippen LogP contribution in [0, 0.1) is 10.2 Å². The van der Waals surface area contributed by atoms with Crippen molar-refractivity contribution in [3.63, 3.8) is 0 Å². The number of hydrogen-bond donors (Lipinski definition) is 1. The zero-order chi connectivity index (χ0) is 11.8. The molecule has 0 spiro atoms. The van der Waals surface area contributed by atoms with Gasteiger partial charge in [-0.25, -0.2) is 0 Å². The number of imidazole rings is 1. The van der Waals surface area contributed by atoms with E-state index in [0.717, 1.165) is 11.2 Å². The Morgan fingerprint density at radius 2 is 2.31 bits per heavy atom. The Balaban J connectivity index is 2.29. The number of aromatic amines is 1. The second kappa shape index (κ2) is 4.36. The predicted octanol–water partition coefficient (Wildman–Crippen LogP) is 4.25. The van der Waals surface area contributed by atoms with E-state index in [1.54, 1.807) is 0 Å². The Morgan fingerprint density at radius 3 is 2.94 bits per heavy atom. The van der Waals surface area contributed by atoms with Crippen molar-refractivity contribution in [3.8, 4) is 0 Å². The van der Waals surface area contributed by atoms with Gasteiger partial charge in [0.25, 0.3) is 0 Å². The highest BCUT2D eigenvalue weighted by molar-refractivity contribution is 7.71. The molecule has 3 heteroatoms. The Bertz CT molecular complexity index is 414. The van der Waals surface area contributed by atoms with Crippen molar-refractivity contribution >= 4 is 12.2 Å². The molecule has 0 amide bonds. The standard InChI is InChI=1S/C13H22N2S/c1-4-10-9-14-12(16)15(10)11-6-5-7-13(2,3)8-11/h9,11H,4-8H2,1-3H3,(H,14,16). The van der Waals surface area contributed by atoms with Crippen LogP contribution in [0.25, 0.3) is 0 Å². The van der Waals surface area contributed by atoms with Crippen LogP contribution in [0.15, 0.2) is 6.20 Å². The number of aryl methyl sites for hydroxylation is 1. The van der Waals surface area contributed by atoms with Crippen LogP contribution in [0.5, 0.6) is 0 Å². The first kappa shape index (κ1) is 11.9. The summed E-state index contributed by atoms with van der Waals surface area (Å²) in [6, 6.07) is 0.609. The molecule has 1 aliphatic rings. The zero-order valence-corrected chi connectivity index (χ0v) is 11.4. The van der Waals surface area contributed by atoms with Crippen LogP contribution in [0.1, 0.15) is 58.2 Å². The highest BCUT2D eigenvalue weighted by atomic mass is 32.1. The third kappa shape index (κ3) is 2.24. The fourth-order valence-corrected chi connectivity index (χ4v) is 3.29. The van der Waals surface area contributed by atoms with Gasteiger partial charge in [0.2, 0.25) is 0 Å². The predicted molar refractivity (Wildman–Crippen MR) is 70.3 cm³/mol. The largest absolute Gasteiger partial charge is 0.337 e. The average Bonchev–Trinajstić information content (AvgIpc) is 2.58. The summed E-state index contributed by atoms with van der Waals surface area (Å²) < 4.78 is 3.26. The normalized spacial score (nSPS) is 24.6. The molecule has 1 saturated carbocycles. The molecule has 16 heavy (non-hydrogen) atoms. The molecule has 0 saturated heterocycles. The number of H-pyrrole nitrogens is 1. The van der Waals surface area contributed by atoms with Crippen LogP contribution in [-0.2, 0) is 6.42 Å². The molecule has 1 aliphatic carbocycles. The number of hydrogen-bond acceptors (Lipinski definition) is 1. The fourth-order valence-electron chi connectivity index (χ4n) is 2.97. The Kier molecular flexibility index (Phi) is 3.24. The SMILES string of the molecule is CCc1c[nH]c(=S)n1C1CCCC(C)(C)C1. The highest BCUT2D eigenvalue weighted by Crippen LogP contribution is 2.41. The van der Waals surface area contributed by atoms with Gasteiger partial charge in [-0.05, 0) is 43.3 Å². The molecule has 0 aromatic carbocycles. The van der Waals surface area contributed by atoms with Crippen molar-refractivity contribution in [2.45, 2.75) is 58.9 Å². The molecule has 1 aromatic heterocycles. The van der Waals surface area contributed by atoms with Gasteiger partial charge in [-0.2, -0.15) is 0 Å². The number of rotatable bonds is 2. The smallest absolute Gasteiger partial charge is 0.177 e. The molecule has 0 aliphatic heterocycles. The van der Waals surface area contributed by atoms with Crippen molar-refractivity contribution in [1.29, 1.82) is 0 Å². The van der Waals surface area contributed by atoms with Gasteiger partial charge in [-0.3, -0.25) is 0 Å². The topological polar surface area (TPSA) is 20.7 Å². The van der Waals surface area contributed by atoms with Crippen molar-refractivity contribution in [2.24, 2.45) is 5.41 Å². The molecular formula is C13H22N2S. The first-order chi connectivity index (χ1) is 7.53. The lowest BCUT2D eigenvalue weighted by molar-refractivity contribution is 0.180. The average molecular weight is 238 g/mol. The number of nitrogens with one attached hydrogen (secondary N) is 1. The van der Waals surface area contributed by atoms with E-state index in [0.29, 0.717) is 11.5 Å². The third-order valence-electron chi connectivity index (χ3n) is 3.80. The molecule has 1 N–H and O–H groups in total. The molecule has 1 atom stereocenters. The first-order valence-electron chi connectivity index (χ1n) is 6.32. The molecule has 1 unspecified atom stereocenters. The Hall–Kier alpha value is -0.570. The second-order valence-corrected chi connectivity index (χ2v) is 6.11. The van der Waals surface area contributed by atoms with Crippen LogP contribution in [0.3, 0.4) is 0 Å².